The highest BCUT2D eigenvalue weighted by Crippen LogP contribution is 2.39. The number of piperidine rings is 1. The number of thiazole rings is 1. The number of nitrogens with one attached hydrogen (secondary N) is 1. The van der Waals surface area contributed by atoms with Crippen LogP contribution < -0.4 is 10.1 Å². The quantitative estimate of drug-likeness (QED) is 0.253. The summed E-state index contributed by atoms with van der Waals surface area (Å²) in [5.74, 6) is 0.146. The lowest BCUT2D eigenvalue weighted by atomic mass is 10.00. The number of nitrogens with zero attached hydrogens (tertiary/aromatic N) is 2. The van der Waals surface area contributed by atoms with E-state index in [0.717, 1.165) is 47.4 Å². The maximum Gasteiger partial charge on any atom is 0.416 e. The average Bonchev–Trinajstić information content (AvgIpc) is 3.67. The van der Waals surface area contributed by atoms with Gasteiger partial charge >= 0.3 is 6.18 Å². The highest BCUT2D eigenvalue weighted by atomic mass is 32.1. The van der Waals surface area contributed by atoms with Crippen molar-refractivity contribution in [2.75, 3.05) is 19.7 Å². The molecule has 3 heterocycles. The van der Waals surface area contributed by atoms with Crippen LogP contribution in [0.25, 0.3) is 21.0 Å². The van der Waals surface area contributed by atoms with Gasteiger partial charge in [0.2, 0.25) is 0 Å². The lowest BCUT2D eigenvalue weighted by Crippen LogP contribution is -2.49. The van der Waals surface area contributed by atoms with Gasteiger partial charge in [0.05, 0.1) is 17.0 Å². The standard InChI is InChI=1S/C33H30F3N3O3S/c1-20-7-4-9-22(17-20)31-38-28(29(43-31)21-8-5-10-23(18-21)33(34,35)36)32(41)39-15-3-2-11-24(39)19-37-30(40)26-12-6-13-27-25(26)14-16-42-27/h4-10,12-13,17-18,24H,2-3,11,14-16,19H2,1H3,(H,37,40)/t24-/m0/s1. The summed E-state index contributed by atoms with van der Waals surface area (Å²) in [5.41, 5.74) is 2.87. The number of halogens is 3. The molecule has 0 unspecified atom stereocenters. The van der Waals surface area contributed by atoms with E-state index in [1.54, 1.807) is 23.1 Å². The molecule has 2 aliphatic rings. The van der Waals surface area contributed by atoms with Gasteiger partial charge in [0.15, 0.2) is 0 Å². The maximum absolute atomic E-state index is 14.2. The number of aryl methyl sites for hydroxylation is 1. The van der Waals surface area contributed by atoms with Gasteiger partial charge in [-0.2, -0.15) is 13.2 Å². The molecule has 2 amide bonds. The van der Waals surface area contributed by atoms with Crippen molar-refractivity contribution in [3.05, 3.63) is 94.7 Å². The van der Waals surface area contributed by atoms with Crippen molar-refractivity contribution in [1.82, 2.24) is 15.2 Å². The van der Waals surface area contributed by atoms with Crippen LogP contribution >= 0.6 is 11.3 Å². The number of ether oxygens (including phenoxy) is 1. The first-order valence-corrected chi connectivity index (χ1v) is 15.1. The van der Waals surface area contributed by atoms with Crippen LogP contribution in [0.4, 0.5) is 13.2 Å². The van der Waals surface area contributed by atoms with E-state index >= 15 is 0 Å². The van der Waals surface area contributed by atoms with Gasteiger partial charge < -0.3 is 15.0 Å². The Balaban J connectivity index is 1.31. The summed E-state index contributed by atoms with van der Waals surface area (Å²) in [5, 5.41) is 3.57. The summed E-state index contributed by atoms with van der Waals surface area (Å²) in [7, 11) is 0. The summed E-state index contributed by atoms with van der Waals surface area (Å²) in [6, 6.07) is 17.8. The molecule has 0 saturated carbocycles. The van der Waals surface area contributed by atoms with Gasteiger partial charge in [0.1, 0.15) is 16.5 Å². The molecule has 6 rings (SSSR count). The topological polar surface area (TPSA) is 71.5 Å². The first-order chi connectivity index (χ1) is 20.7. The molecule has 0 aliphatic carbocycles. The molecule has 1 aromatic heterocycles. The van der Waals surface area contributed by atoms with Gasteiger partial charge in [-0.15, -0.1) is 11.3 Å². The minimum absolute atomic E-state index is 0.122. The number of alkyl halides is 3. The first-order valence-electron chi connectivity index (χ1n) is 14.3. The zero-order valence-corrected chi connectivity index (χ0v) is 24.4. The highest BCUT2D eigenvalue weighted by Gasteiger charge is 2.34. The number of fused-ring (bicyclic) bond motifs is 1. The monoisotopic (exact) mass is 605 g/mol. The summed E-state index contributed by atoms with van der Waals surface area (Å²) in [4.78, 5) is 34.2. The fourth-order valence-electron chi connectivity index (χ4n) is 5.76. The summed E-state index contributed by atoms with van der Waals surface area (Å²) in [6.45, 7) is 3.20. The lowest BCUT2D eigenvalue weighted by Gasteiger charge is -2.35. The molecule has 1 saturated heterocycles. The van der Waals surface area contributed by atoms with Crippen molar-refractivity contribution in [2.45, 2.75) is 44.8 Å². The minimum atomic E-state index is -4.52. The van der Waals surface area contributed by atoms with Crippen molar-refractivity contribution in [3.63, 3.8) is 0 Å². The molecule has 0 spiro atoms. The largest absolute Gasteiger partial charge is 0.493 e. The van der Waals surface area contributed by atoms with E-state index in [9.17, 15) is 22.8 Å². The first kappa shape index (κ1) is 28.9. The molecule has 2 aliphatic heterocycles. The summed E-state index contributed by atoms with van der Waals surface area (Å²) < 4.78 is 46.4. The van der Waals surface area contributed by atoms with Crippen molar-refractivity contribution in [3.8, 4) is 26.8 Å². The van der Waals surface area contributed by atoms with E-state index in [0.29, 0.717) is 41.4 Å². The third-order valence-corrected chi connectivity index (χ3v) is 9.07. The zero-order valence-electron chi connectivity index (χ0n) is 23.5. The number of aromatic nitrogens is 1. The number of amides is 2. The van der Waals surface area contributed by atoms with Gasteiger partial charge in [0.25, 0.3) is 11.8 Å². The lowest BCUT2D eigenvalue weighted by molar-refractivity contribution is -0.137. The van der Waals surface area contributed by atoms with Crippen LogP contribution in [0, 0.1) is 6.92 Å². The predicted molar refractivity (Wildman–Crippen MR) is 159 cm³/mol. The van der Waals surface area contributed by atoms with Crippen molar-refractivity contribution in [1.29, 1.82) is 0 Å². The Kier molecular flexibility index (Phi) is 7.96. The van der Waals surface area contributed by atoms with Crippen LogP contribution in [-0.4, -0.2) is 47.4 Å². The van der Waals surface area contributed by atoms with Crippen LogP contribution in [0.5, 0.6) is 5.75 Å². The fourth-order valence-corrected chi connectivity index (χ4v) is 6.81. The van der Waals surface area contributed by atoms with Crippen LogP contribution in [0.1, 0.15) is 56.8 Å². The van der Waals surface area contributed by atoms with Crippen molar-refractivity contribution >= 4 is 23.2 Å². The van der Waals surface area contributed by atoms with Gasteiger partial charge in [-0.25, -0.2) is 4.98 Å². The second-order valence-electron chi connectivity index (χ2n) is 10.9. The molecule has 1 N–H and O–H groups in total. The van der Waals surface area contributed by atoms with Gasteiger partial charge in [-0.1, -0.05) is 42.0 Å². The molecule has 10 heteroatoms. The number of hydrogen-bond acceptors (Lipinski definition) is 5. The molecular weight excluding hydrogens is 575 g/mol. The smallest absolute Gasteiger partial charge is 0.416 e. The van der Waals surface area contributed by atoms with E-state index in [1.807, 2.05) is 37.3 Å². The molecule has 1 fully saturated rings. The normalized spacial score (nSPS) is 16.5. The SMILES string of the molecule is Cc1cccc(-c2nc(C(=O)N3CCCC[C@H]3CNC(=O)c3cccc4c3CCO4)c(-c3cccc(C(F)(F)F)c3)s2)c1. The predicted octanol–water partition coefficient (Wildman–Crippen LogP) is 7.16. The number of carbonyl (C=O) groups is 2. The Hall–Kier alpha value is -4.18. The van der Waals surface area contributed by atoms with Gasteiger partial charge in [-0.3, -0.25) is 9.59 Å². The Morgan fingerprint density at radius 3 is 2.65 bits per heavy atom. The van der Waals surface area contributed by atoms with Crippen LogP contribution in [0.2, 0.25) is 0 Å². The van der Waals surface area contributed by atoms with Crippen LogP contribution in [0.3, 0.4) is 0 Å². The van der Waals surface area contributed by atoms with E-state index in [-0.39, 0.29) is 35.7 Å². The van der Waals surface area contributed by atoms with Crippen LogP contribution in [0.15, 0.2) is 66.7 Å². The minimum Gasteiger partial charge on any atom is -0.493 e. The van der Waals surface area contributed by atoms with E-state index in [2.05, 4.69) is 5.32 Å². The number of carbonyl (C=O) groups excluding carboxylic acids is 2. The molecule has 6 nitrogen and oxygen atoms in total. The van der Waals surface area contributed by atoms with Crippen LogP contribution in [-0.2, 0) is 12.6 Å². The maximum atomic E-state index is 14.2. The number of benzene rings is 3. The summed E-state index contributed by atoms with van der Waals surface area (Å²) >= 11 is 1.21. The Labute approximate surface area is 251 Å². The van der Waals surface area contributed by atoms with Gasteiger partial charge in [-0.05, 0) is 62.1 Å². The average molecular weight is 606 g/mol. The second-order valence-corrected chi connectivity index (χ2v) is 11.9. The Morgan fingerprint density at radius 2 is 1.84 bits per heavy atom. The zero-order chi connectivity index (χ0) is 30.1. The number of rotatable bonds is 6. The molecular formula is C33H30F3N3O3S. The Bertz CT molecular complexity index is 1680. The highest BCUT2D eigenvalue weighted by molar-refractivity contribution is 7.18. The molecule has 1 atom stereocenters. The Morgan fingerprint density at radius 1 is 1.05 bits per heavy atom. The molecule has 222 valence electrons. The fraction of sp³-hybridized carbons (Fsp3) is 0.303. The number of likely N-dealkylation sites (tertiary alicyclic amines) is 1. The third-order valence-electron chi connectivity index (χ3n) is 7.92. The van der Waals surface area contributed by atoms with Gasteiger partial charge in [0, 0.05) is 42.2 Å². The van der Waals surface area contributed by atoms with E-state index in [1.165, 1.54) is 17.4 Å². The third kappa shape index (κ3) is 6.01. The van der Waals surface area contributed by atoms with Crippen molar-refractivity contribution < 1.29 is 27.5 Å². The van der Waals surface area contributed by atoms with E-state index in [4.69, 9.17) is 9.72 Å². The second kappa shape index (κ2) is 11.8. The molecule has 0 bridgehead atoms. The molecule has 3 aromatic carbocycles. The van der Waals surface area contributed by atoms with E-state index < -0.39 is 11.7 Å². The molecule has 43 heavy (non-hydrogen) atoms. The molecule has 4 aromatic rings. The number of hydrogen-bond donors (Lipinski definition) is 1. The molecule has 0 radical (unpaired) electrons. The van der Waals surface area contributed by atoms with Crippen molar-refractivity contribution in [2.24, 2.45) is 0 Å². The summed E-state index contributed by atoms with van der Waals surface area (Å²) in [6.07, 6.45) is -1.49.